The third kappa shape index (κ3) is 2.99. The summed E-state index contributed by atoms with van der Waals surface area (Å²) in [5, 5.41) is 3.19. The van der Waals surface area contributed by atoms with E-state index >= 15 is 0 Å². The topological polar surface area (TPSA) is 66.5 Å². The molecule has 1 saturated heterocycles. The number of carbonyl (C=O) groups excluding carboxylic acids is 3. The zero-order chi connectivity index (χ0) is 25.6. The van der Waals surface area contributed by atoms with E-state index in [4.69, 9.17) is 34.8 Å². The van der Waals surface area contributed by atoms with Crippen LogP contribution >= 0.6 is 50.7 Å². The summed E-state index contributed by atoms with van der Waals surface area (Å²) in [5.41, 5.74) is 4.13. The Balaban J connectivity index is 1.40. The minimum absolute atomic E-state index is 0.426. The lowest BCUT2D eigenvalue weighted by Gasteiger charge is -2.54. The summed E-state index contributed by atoms with van der Waals surface area (Å²) in [4.78, 5) is 39.1. The normalized spacial score (nSPS) is 27.5. The van der Waals surface area contributed by atoms with Gasteiger partial charge in [0.25, 0.3) is 0 Å². The summed E-state index contributed by atoms with van der Waals surface area (Å²) in [6, 6.07) is 18.2. The molecule has 2 bridgehead atoms. The van der Waals surface area contributed by atoms with Crippen molar-refractivity contribution in [1.29, 1.82) is 0 Å². The summed E-state index contributed by atoms with van der Waals surface area (Å²) in [7, 11) is 0. The number of carbonyl (C=O) groups is 3. The smallest absolute Gasteiger partial charge is 0.244 e. The lowest BCUT2D eigenvalue weighted by Crippen LogP contribution is -2.57. The van der Waals surface area contributed by atoms with Crippen molar-refractivity contribution in [3.05, 3.63) is 98.0 Å². The first-order chi connectivity index (χ1) is 17.1. The summed E-state index contributed by atoms with van der Waals surface area (Å²) >= 11 is 24.3. The molecule has 3 aliphatic carbocycles. The van der Waals surface area contributed by atoms with Crippen LogP contribution in [0.1, 0.15) is 27.8 Å². The van der Waals surface area contributed by atoms with E-state index in [0.717, 1.165) is 10.5 Å². The molecule has 0 spiro atoms. The van der Waals surface area contributed by atoms with Gasteiger partial charge >= 0.3 is 0 Å². The molecular weight excluding hydrogens is 587 g/mol. The minimum atomic E-state index is -1.28. The fourth-order valence-corrected chi connectivity index (χ4v) is 7.71. The molecule has 0 unspecified atom stereocenters. The van der Waals surface area contributed by atoms with E-state index in [1.807, 2.05) is 55.5 Å². The molecule has 1 heterocycles. The van der Waals surface area contributed by atoms with Crippen molar-refractivity contribution in [1.82, 2.24) is 4.90 Å². The monoisotopic (exact) mass is 602 g/mol. The standard InChI is InChI=1S/C27H18BrCl3N2O3/c1-13-10-18(28)19(29)11-20(13)32-21(34)12-33-24(35)22-23(25(33)36)27(31)15-7-3-2-6-14(15)26(22,30)16-8-4-5-9-17(16)27/h2-11,22-23H,12H2,1H3,(H,32,34)/t22-,23-,26?,27?/m0/s1. The third-order valence-electron chi connectivity index (χ3n) is 7.52. The molecule has 182 valence electrons. The number of rotatable bonds is 3. The quantitative estimate of drug-likeness (QED) is 0.297. The number of nitrogens with zero attached hydrogens (tertiary/aromatic N) is 1. The van der Waals surface area contributed by atoms with Gasteiger partial charge < -0.3 is 5.32 Å². The van der Waals surface area contributed by atoms with E-state index in [9.17, 15) is 14.4 Å². The fourth-order valence-electron chi connectivity index (χ4n) is 5.99. The van der Waals surface area contributed by atoms with Crippen LogP contribution in [-0.2, 0) is 24.1 Å². The van der Waals surface area contributed by atoms with Crippen LogP contribution < -0.4 is 5.32 Å². The fraction of sp³-hybridized carbons (Fsp3) is 0.222. The second kappa shape index (κ2) is 8.06. The molecule has 36 heavy (non-hydrogen) atoms. The van der Waals surface area contributed by atoms with Gasteiger partial charge in [0.15, 0.2) is 0 Å². The van der Waals surface area contributed by atoms with Crippen LogP contribution in [0.2, 0.25) is 5.02 Å². The van der Waals surface area contributed by atoms with Crippen LogP contribution in [0.4, 0.5) is 5.69 Å². The second-order valence-corrected chi connectivity index (χ2v) is 11.8. The first-order valence-corrected chi connectivity index (χ1v) is 13.2. The van der Waals surface area contributed by atoms with E-state index in [0.29, 0.717) is 37.4 Å². The van der Waals surface area contributed by atoms with Crippen LogP contribution in [0.15, 0.2) is 65.1 Å². The van der Waals surface area contributed by atoms with Crippen molar-refractivity contribution in [3.63, 3.8) is 0 Å². The number of nitrogens with one attached hydrogen (secondary N) is 1. The van der Waals surface area contributed by atoms with Crippen LogP contribution in [0.3, 0.4) is 0 Å². The van der Waals surface area contributed by atoms with Gasteiger partial charge in [-0.25, -0.2) is 0 Å². The molecule has 9 heteroatoms. The largest absolute Gasteiger partial charge is 0.324 e. The highest BCUT2D eigenvalue weighted by molar-refractivity contribution is 9.10. The van der Waals surface area contributed by atoms with Gasteiger partial charge in [0.1, 0.15) is 16.3 Å². The Morgan fingerprint density at radius 1 is 0.917 bits per heavy atom. The first-order valence-electron chi connectivity index (χ1n) is 11.3. The maximum absolute atomic E-state index is 13.8. The molecule has 0 aromatic heterocycles. The zero-order valence-corrected chi connectivity index (χ0v) is 22.7. The van der Waals surface area contributed by atoms with E-state index in [1.165, 1.54) is 0 Å². The molecule has 1 aliphatic heterocycles. The molecule has 0 saturated carbocycles. The highest BCUT2D eigenvalue weighted by Gasteiger charge is 2.73. The predicted molar refractivity (Wildman–Crippen MR) is 142 cm³/mol. The van der Waals surface area contributed by atoms with Crippen molar-refractivity contribution in [2.75, 3.05) is 11.9 Å². The van der Waals surface area contributed by atoms with Crippen molar-refractivity contribution in [3.8, 4) is 0 Å². The second-order valence-electron chi connectivity index (χ2n) is 9.36. The van der Waals surface area contributed by atoms with E-state index in [1.54, 1.807) is 12.1 Å². The average Bonchev–Trinajstić information content (AvgIpc) is 3.11. The number of hydrogen-bond acceptors (Lipinski definition) is 3. The van der Waals surface area contributed by atoms with Gasteiger partial charge in [-0.2, -0.15) is 0 Å². The van der Waals surface area contributed by atoms with Crippen molar-refractivity contribution >= 4 is 74.1 Å². The number of halogens is 4. The average molecular weight is 605 g/mol. The molecule has 1 N–H and O–H groups in total. The first kappa shape index (κ1) is 24.0. The predicted octanol–water partition coefficient (Wildman–Crippen LogP) is 5.94. The number of likely N-dealkylation sites (tertiary alicyclic amines) is 1. The van der Waals surface area contributed by atoms with Crippen molar-refractivity contribution in [2.45, 2.75) is 16.7 Å². The Hall–Kier alpha value is -2.38. The van der Waals surface area contributed by atoms with Gasteiger partial charge in [-0.05, 0) is 62.8 Å². The molecule has 2 atom stereocenters. The Kier molecular flexibility index (Phi) is 5.37. The maximum Gasteiger partial charge on any atom is 0.244 e. The van der Waals surface area contributed by atoms with Gasteiger partial charge in [0.05, 0.1) is 16.9 Å². The highest BCUT2D eigenvalue weighted by Crippen LogP contribution is 2.69. The zero-order valence-electron chi connectivity index (χ0n) is 18.8. The number of aryl methyl sites for hydroxylation is 1. The molecule has 3 aromatic carbocycles. The molecule has 1 fully saturated rings. The van der Waals surface area contributed by atoms with Crippen LogP contribution in [0, 0.1) is 18.8 Å². The Morgan fingerprint density at radius 2 is 1.36 bits per heavy atom. The highest BCUT2D eigenvalue weighted by atomic mass is 79.9. The van der Waals surface area contributed by atoms with Crippen molar-refractivity contribution in [2.24, 2.45) is 11.8 Å². The Bertz CT molecular complexity index is 1390. The lowest BCUT2D eigenvalue weighted by atomic mass is 9.54. The number of amides is 3. The third-order valence-corrected chi connectivity index (χ3v) is 10.0. The van der Waals surface area contributed by atoms with Crippen LogP contribution in [-0.4, -0.2) is 29.2 Å². The number of alkyl halides is 2. The summed E-state index contributed by atoms with van der Waals surface area (Å²) in [5.74, 6) is -3.41. The maximum atomic E-state index is 13.8. The van der Waals surface area contributed by atoms with Gasteiger partial charge in [0, 0.05) is 10.2 Å². The van der Waals surface area contributed by atoms with Gasteiger partial charge in [-0.1, -0.05) is 60.1 Å². The van der Waals surface area contributed by atoms with Gasteiger partial charge in [-0.15, -0.1) is 23.2 Å². The van der Waals surface area contributed by atoms with E-state index in [-0.39, 0.29) is 0 Å². The summed E-state index contributed by atoms with van der Waals surface area (Å²) < 4.78 is 0.697. The number of anilines is 1. The number of hydrogen-bond donors (Lipinski definition) is 1. The molecule has 4 aliphatic rings. The molecule has 7 rings (SSSR count). The summed E-state index contributed by atoms with van der Waals surface area (Å²) in [6.07, 6.45) is 0. The summed E-state index contributed by atoms with van der Waals surface area (Å²) in [6.45, 7) is 1.36. The SMILES string of the molecule is Cc1cc(Br)c(Cl)cc1NC(=O)CN1C(=O)[C@@H]2[C@@H](C1=O)C1(Cl)c3ccccc3C2(Cl)c2ccccc21. The number of imide groups is 1. The minimum Gasteiger partial charge on any atom is -0.324 e. The Morgan fingerprint density at radius 3 is 1.81 bits per heavy atom. The van der Waals surface area contributed by atoms with E-state index in [2.05, 4.69) is 21.2 Å². The van der Waals surface area contributed by atoms with Crippen LogP contribution in [0.25, 0.3) is 0 Å². The number of benzene rings is 3. The van der Waals surface area contributed by atoms with Gasteiger partial charge in [0.2, 0.25) is 17.7 Å². The van der Waals surface area contributed by atoms with Crippen molar-refractivity contribution < 1.29 is 14.4 Å². The molecule has 0 radical (unpaired) electrons. The van der Waals surface area contributed by atoms with E-state index < -0.39 is 45.9 Å². The van der Waals surface area contributed by atoms with Gasteiger partial charge in [-0.3, -0.25) is 19.3 Å². The van der Waals surface area contributed by atoms with Crippen LogP contribution in [0.5, 0.6) is 0 Å². The Labute approximate surface area is 230 Å². The molecule has 5 nitrogen and oxygen atoms in total. The lowest BCUT2D eigenvalue weighted by molar-refractivity contribution is -0.142. The molecular formula is C27H18BrCl3N2O3. The molecule has 3 aromatic rings. The molecule has 3 amide bonds.